The van der Waals surface area contributed by atoms with E-state index in [1.807, 2.05) is 12.1 Å². The number of alkyl halides is 3. The van der Waals surface area contributed by atoms with Crippen molar-refractivity contribution in [3.63, 3.8) is 0 Å². The highest BCUT2D eigenvalue weighted by molar-refractivity contribution is 6.03. The molecule has 0 saturated heterocycles. The number of ether oxygens (including phenoxy) is 1. The average Bonchev–Trinajstić information content (AvgIpc) is 3.04. The summed E-state index contributed by atoms with van der Waals surface area (Å²) in [5.41, 5.74) is -0.799. The van der Waals surface area contributed by atoms with Crippen LogP contribution in [0.5, 0.6) is 5.75 Å². The van der Waals surface area contributed by atoms with Crippen molar-refractivity contribution < 1.29 is 27.1 Å². The Kier molecular flexibility index (Phi) is 7.82. The number of para-hydroxylation sites is 2. The van der Waals surface area contributed by atoms with Gasteiger partial charge in [-0.3, -0.25) is 9.59 Å². The third-order valence-electron chi connectivity index (χ3n) is 6.94. The molecule has 6 aromatic rings. The smallest absolute Gasteiger partial charge is 0.416 e. The Morgan fingerprint density at radius 2 is 1.62 bits per heavy atom. The summed E-state index contributed by atoms with van der Waals surface area (Å²) >= 11 is 0. The summed E-state index contributed by atoms with van der Waals surface area (Å²) in [4.78, 5) is 30.8. The van der Waals surface area contributed by atoms with Crippen molar-refractivity contribution in [2.45, 2.75) is 6.18 Å². The van der Waals surface area contributed by atoms with Crippen LogP contribution in [0.4, 0.5) is 23.2 Å². The minimum atomic E-state index is -4.62. The lowest BCUT2D eigenvalue weighted by Crippen LogP contribution is -2.21. The molecule has 0 aliphatic rings. The molecule has 5 aromatic carbocycles. The largest absolute Gasteiger partial charge is 0.483 e. The Balaban J connectivity index is 1.43. The van der Waals surface area contributed by atoms with E-state index in [4.69, 9.17) is 4.74 Å². The minimum Gasteiger partial charge on any atom is -0.483 e. The van der Waals surface area contributed by atoms with E-state index >= 15 is 0 Å². The molecule has 0 aliphatic heterocycles. The fraction of sp³-hybridized carbons (Fsp3) is 0.0588. The highest BCUT2D eigenvalue weighted by atomic mass is 19.4. The summed E-state index contributed by atoms with van der Waals surface area (Å²) in [6, 6.07) is 27.3. The second-order valence-corrected chi connectivity index (χ2v) is 9.91. The molecule has 1 N–H and O–H groups in total. The van der Waals surface area contributed by atoms with Crippen molar-refractivity contribution in [1.29, 1.82) is 0 Å². The molecule has 1 heterocycles. The Bertz CT molecular complexity index is 2160. The van der Waals surface area contributed by atoms with Crippen LogP contribution in [0.2, 0.25) is 0 Å². The Labute approximate surface area is 253 Å². The lowest BCUT2D eigenvalue weighted by atomic mass is 10.0. The number of nitrogens with zero attached hydrogens (tertiary/aromatic N) is 3. The van der Waals surface area contributed by atoms with Gasteiger partial charge in [0.05, 0.1) is 28.4 Å². The number of rotatable bonds is 7. The van der Waals surface area contributed by atoms with E-state index in [1.54, 1.807) is 54.6 Å². The van der Waals surface area contributed by atoms with Crippen LogP contribution in [0.25, 0.3) is 33.1 Å². The number of hydrogen-bond acceptors (Lipinski definition) is 5. The second kappa shape index (κ2) is 12.0. The topological polar surface area (TPSA) is 85.6 Å². The highest BCUT2D eigenvalue weighted by Gasteiger charge is 2.31. The quantitative estimate of drug-likeness (QED) is 0.152. The third kappa shape index (κ3) is 6.14. The van der Waals surface area contributed by atoms with Crippen LogP contribution in [0.15, 0.2) is 119 Å². The first-order chi connectivity index (χ1) is 21.7. The predicted octanol–water partition coefficient (Wildman–Crippen LogP) is 7.27. The normalized spacial score (nSPS) is 11.7. The molecule has 0 spiro atoms. The van der Waals surface area contributed by atoms with Crippen LogP contribution < -0.4 is 15.6 Å². The Morgan fingerprint density at radius 1 is 0.889 bits per heavy atom. The number of anilines is 1. The van der Waals surface area contributed by atoms with Gasteiger partial charge in [0.2, 0.25) is 0 Å². The summed E-state index contributed by atoms with van der Waals surface area (Å²) in [6.45, 7) is -0.472. The number of carbonyl (C=O) groups excluding carboxylic acids is 1. The van der Waals surface area contributed by atoms with Crippen LogP contribution >= 0.6 is 0 Å². The SMILES string of the molecule is O=C(COc1ccc2ccccc2c1C=Nn1c(-c2cccc(C(F)(F)F)c2)nc2ccccc2c1=O)Nc1ccccc1F. The average molecular weight is 611 g/mol. The van der Waals surface area contributed by atoms with E-state index in [1.165, 1.54) is 36.5 Å². The first-order valence-electron chi connectivity index (χ1n) is 13.6. The first-order valence-corrected chi connectivity index (χ1v) is 13.6. The zero-order chi connectivity index (χ0) is 31.6. The van der Waals surface area contributed by atoms with Gasteiger partial charge in [0.25, 0.3) is 11.5 Å². The molecule has 0 aliphatic carbocycles. The van der Waals surface area contributed by atoms with Crippen LogP contribution in [-0.4, -0.2) is 28.4 Å². The molecule has 0 fully saturated rings. The second-order valence-electron chi connectivity index (χ2n) is 9.91. The summed E-state index contributed by atoms with van der Waals surface area (Å²) in [6.07, 6.45) is -3.28. The van der Waals surface area contributed by atoms with Gasteiger partial charge in [-0.05, 0) is 53.2 Å². The maximum atomic E-state index is 14.0. The van der Waals surface area contributed by atoms with Gasteiger partial charge in [0.15, 0.2) is 12.4 Å². The van der Waals surface area contributed by atoms with E-state index in [9.17, 15) is 27.2 Å². The van der Waals surface area contributed by atoms with E-state index in [0.29, 0.717) is 10.9 Å². The first kappa shape index (κ1) is 29.2. The molecule has 0 atom stereocenters. The number of aromatic nitrogens is 2. The number of benzene rings is 5. The molecular formula is C34H22F4N4O3. The zero-order valence-electron chi connectivity index (χ0n) is 23.3. The lowest BCUT2D eigenvalue weighted by Gasteiger charge is -2.14. The zero-order valence-corrected chi connectivity index (χ0v) is 23.3. The molecule has 6 rings (SSSR count). The number of halogens is 4. The number of carbonyl (C=O) groups is 1. The molecule has 45 heavy (non-hydrogen) atoms. The molecule has 7 nitrogen and oxygen atoms in total. The van der Waals surface area contributed by atoms with Gasteiger partial charge < -0.3 is 10.1 Å². The summed E-state index contributed by atoms with van der Waals surface area (Å²) in [5, 5.41) is 8.54. The van der Waals surface area contributed by atoms with Gasteiger partial charge in [-0.1, -0.05) is 66.7 Å². The number of hydrogen-bond donors (Lipinski definition) is 1. The van der Waals surface area contributed by atoms with Crippen LogP contribution in [0.1, 0.15) is 11.1 Å². The molecule has 0 radical (unpaired) electrons. The summed E-state index contributed by atoms with van der Waals surface area (Å²) in [7, 11) is 0. The molecular weight excluding hydrogens is 588 g/mol. The van der Waals surface area contributed by atoms with Crippen molar-refractivity contribution in [1.82, 2.24) is 9.66 Å². The molecule has 224 valence electrons. The standard InChI is InChI=1S/C34H22F4N4O3/c35-27-13-4-6-15-29(27)40-31(43)20-45-30-17-16-21-8-1-2-11-24(21)26(30)19-39-42-32(22-9-7-10-23(18-22)34(36,37)38)41-28-14-5-3-12-25(28)33(42)44/h1-19H,20H2,(H,40,43). The summed E-state index contributed by atoms with van der Waals surface area (Å²) in [5.74, 6) is -1.09. The van der Waals surface area contributed by atoms with E-state index in [-0.39, 0.29) is 33.7 Å². The molecule has 1 aromatic heterocycles. The monoisotopic (exact) mass is 610 g/mol. The Morgan fingerprint density at radius 3 is 2.42 bits per heavy atom. The summed E-state index contributed by atoms with van der Waals surface area (Å²) < 4.78 is 61.5. The number of fused-ring (bicyclic) bond motifs is 2. The predicted molar refractivity (Wildman–Crippen MR) is 164 cm³/mol. The van der Waals surface area contributed by atoms with Crippen molar-refractivity contribution >= 4 is 39.5 Å². The molecule has 0 unspecified atom stereocenters. The van der Waals surface area contributed by atoms with Gasteiger partial charge in [-0.15, -0.1) is 0 Å². The van der Waals surface area contributed by atoms with Gasteiger partial charge in [-0.2, -0.15) is 22.9 Å². The van der Waals surface area contributed by atoms with Crippen molar-refractivity contribution in [2.24, 2.45) is 5.10 Å². The minimum absolute atomic E-state index is 0.00306. The number of nitrogens with one attached hydrogen (secondary N) is 1. The van der Waals surface area contributed by atoms with Crippen LogP contribution in [0.3, 0.4) is 0 Å². The molecule has 0 saturated carbocycles. The molecule has 11 heteroatoms. The number of amides is 1. The third-order valence-corrected chi connectivity index (χ3v) is 6.94. The van der Waals surface area contributed by atoms with Crippen molar-refractivity contribution in [3.8, 4) is 17.1 Å². The van der Waals surface area contributed by atoms with E-state index < -0.39 is 35.6 Å². The van der Waals surface area contributed by atoms with Gasteiger partial charge in [-0.25, -0.2) is 9.37 Å². The van der Waals surface area contributed by atoms with E-state index in [0.717, 1.165) is 22.2 Å². The Hall–Kier alpha value is -5.84. The van der Waals surface area contributed by atoms with Gasteiger partial charge >= 0.3 is 6.18 Å². The molecule has 1 amide bonds. The molecule has 0 bridgehead atoms. The fourth-order valence-corrected chi connectivity index (χ4v) is 4.79. The van der Waals surface area contributed by atoms with Gasteiger partial charge in [0.1, 0.15) is 11.6 Å². The maximum Gasteiger partial charge on any atom is 0.416 e. The maximum absolute atomic E-state index is 14.0. The lowest BCUT2D eigenvalue weighted by molar-refractivity contribution is -0.137. The highest BCUT2D eigenvalue weighted by Crippen LogP contribution is 2.32. The van der Waals surface area contributed by atoms with Crippen molar-refractivity contribution in [2.75, 3.05) is 11.9 Å². The fourth-order valence-electron chi connectivity index (χ4n) is 4.79. The van der Waals surface area contributed by atoms with Crippen LogP contribution in [0, 0.1) is 5.82 Å². The van der Waals surface area contributed by atoms with Crippen LogP contribution in [-0.2, 0) is 11.0 Å². The van der Waals surface area contributed by atoms with Gasteiger partial charge in [0, 0.05) is 11.1 Å². The van der Waals surface area contributed by atoms with Crippen molar-refractivity contribution in [3.05, 3.63) is 136 Å². The van der Waals surface area contributed by atoms with E-state index in [2.05, 4.69) is 15.4 Å².